The van der Waals surface area contributed by atoms with Gasteiger partial charge in [-0.1, -0.05) is 0 Å². The zero-order chi connectivity index (χ0) is 12.7. The minimum absolute atomic E-state index is 0.163. The number of nitrogens with one attached hydrogen (secondary N) is 1. The van der Waals surface area contributed by atoms with E-state index in [0.29, 0.717) is 6.61 Å². The number of methoxy groups -OCH3 is 1. The van der Waals surface area contributed by atoms with E-state index in [1.54, 1.807) is 0 Å². The van der Waals surface area contributed by atoms with Crippen LogP contribution in [0.4, 0.5) is 5.95 Å². The maximum atomic E-state index is 5.38. The molecule has 3 N–H and O–H groups in total. The van der Waals surface area contributed by atoms with Gasteiger partial charge < -0.3 is 14.4 Å². The second kappa shape index (κ2) is 6.81. The van der Waals surface area contributed by atoms with Gasteiger partial charge in [-0.05, 0) is 20.5 Å². The van der Waals surface area contributed by atoms with Crippen LogP contribution in [-0.2, 0) is 0 Å². The lowest BCUT2D eigenvalue weighted by molar-refractivity contribution is 0.257. The Morgan fingerprint density at radius 3 is 2.53 bits per heavy atom. The van der Waals surface area contributed by atoms with Crippen molar-refractivity contribution in [1.29, 1.82) is 0 Å². The molecule has 0 aromatic carbocycles. The molecule has 0 amide bonds. The fourth-order valence-corrected chi connectivity index (χ4v) is 1.10. The Kier molecular flexibility index (Phi) is 5.37. The average molecular weight is 242 g/mol. The minimum atomic E-state index is 0.163. The van der Waals surface area contributed by atoms with Crippen LogP contribution < -0.4 is 20.7 Å². The average Bonchev–Trinajstić information content (AvgIpc) is 2.34. The van der Waals surface area contributed by atoms with Crippen molar-refractivity contribution in [3.05, 3.63) is 0 Å². The van der Waals surface area contributed by atoms with Gasteiger partial charge in [-0.25, -0.2) is 5.84 Å². The number of hydrazine groups is 1. The normalized spacial score (nSPS) is 10.4. The molecule has 0 unspecified atom stereocenters. The van der Waals surface area contributed by atoms with Crippen molar-refractivity contribution >= 4 is 5.95 Å². The third-order valence-corrected chi connectivity index (χ3v) is 1.89. The van der Waals surface area contributed by atoms with Crippen molar-refractivity contribution in [3.8, 4) is 12.0 Å². The van der Waals surface area contributed by atoms with Crippen molar-refractivity contribution in [3.63, 3.8) is 0 Å². The summed E-state index contributed by atoms with van der Waals surface area (Å²) in [6.07, 6.45) is 0.881. The van der Waals surface area contributed by atoms with Gasteiger partial charge in [0.1, 0.15) is 0 Å². The summed E-state index contributed by atoms with van der Waals surface area (Å²) in [5, 5.41) is 0. The second-order valence-corrected chi connectivity index (χ2v) is 3.58. The number of anilines is 1. The molecule has 0 aliphatic heterocycles. The van der Waals surface area contributed by atoms with Gasteiger partial charge in [-0.15, -0.1) is 4.98 Å². The number of ether oxygens (including phenoxy) is 2. The molecule has 8 heteroatoms. The summed E-state index contributed by atoms with van der Waals surface area (Å²) in [5.74, 6) is 5.42. The zero-order valence-corrected chi connectivity index (χ0v) is 10.3. The van der Waals surface area contributed by atoms with Gasteiger partial charge in [0.25, 0.3) is 0 Å². The number of nitrogens with zero attached hydrogens (tertiary/aromatic N) is 4. The van der Waals surface area contributed by atoms with Gasteiger partial charge in [-0.3, -0.25) is 5.43 Å². The molecule has 0 bridgehead atoms. The van der Waals surface area contributed by atoms with Crippen molar-refractivity contribution in [2.24, 2.45) is 5.84 Å². The summed E-state index contributed by atoms with van der Waals surface area (Å²) >= 11 is 0. The van der Waals surface area contributed by atoms with Gasteiger partial charge in [0, 0.05) is 6.54 Å². The largest absolute Gasteiger partial charge is 0.467 e. The molecule has 0 aliphatic carbocycles. The predicted octanol–water partition coefficient (Wildman–Crippen LogP) is -0.504. The highest BCUT2D eigenvalue weighted by molar-refractivity contribution is 5.25. The standard InChI is InChI=1S/C9H18N6O2/c1-15(2)5-4-6-17-9-12-7(14-10)11-8(13-9)16-3/h4-6,10H2,1-3H3,(H,11,12,13,14). The molecule has 8 nitrogen and oxygen atoms in total. The van der Waals surface area contributed by atoms with E-state index < -0.39 is 0 Å². The van der Waals surface area contributed by atoms with Gasteiger partial charge in [0.2, 0.25) is 5.95 Å². The van der Waals surface area contributed by atoms with Crippen LogP contribution >= 0.6 is 0 Å². The lowest BCUT2D eigenvalue weighted by atomic mass is 10.4. The molecule has 1 aromatic heterocycles. The van der Waals surface area contributed by atoms with Crippen LogP contribution in [0.1, 0.15) is 6.42 Å². The molecule has 0 saturated heterocycles. The molecule has 0 spiro atoms. The molecule has 0 saturated carbocycles. The summed E-state index contributed by atoms with van der Waals surface area (Å²) in [6, 6.07) is 0.360. The summed E-state index contributed by atoms with van der Waals surface area (Å²) in [7, 11) is 5.47. The quantitative estimate of drug-likeness (QED) is 0.375. The highest BCUT2D eigenvalue weighted by Gasteiger charge is 2.06. The maximum absolute atomic E-state index is 5.38. The van der Waals surface area contributed by atoms with Crippen LogP contribution in [0.2, 0.25) is 0 Å². The van der Waals surface area contributed by atoms with Crippen LogP contribution in [0.15, 0.2) is 0 Å². The number of hydrogen-bond donors (Lipinski definition) is 2. The number of nitrogen functional groups attached to an aromatic ring is 1. The van der Waals surface area contributed by atoms with Gasteiger partial charge in [0.15, 0.2) is 0 Å². The summed E-state index contributed by atoms with van der Waals surface area (Å²) in [6.45, 7) is 1.46. The lowest BCUT2D eigenvalue weighted by Crippen LogP contribution is -2.17. The molecule has 1 aromatic rings. The summed E-state index contributed by atoms with van der Waals surface area (Å²) in [5.41, 5.74) is 2.32. The fraction of sp³-hybridized carbons (Fsp3) is 0.667. The smallest absolute Gasteiger partial charge is 0.324 e. The Balaban J connectivity index is 2.51. The van der Waals surface area contributed by atoms with Gasteiger partial charge in [-0.2, -0.15) is 9.97 Å². The predicted molar refractivity (Wildman–Crippen MR) is 62.9 cm³/mol. The first-order valence-electron chi connectivity index (χ1n) is 5.20. The second-order valence-electron chi connectivity index (χ2n) is 3.58. The summed E-state index contributed by atoms with van der Waals surface area (Å²) < 4.78 is 10.3. The van der Waals surface area contributed by atoms with E-state index in [4.69, 9.17) is 15.3 Å². The Bertz CT molecular complexity index is 324. The van der Waals surface area contributed by atoms with E-state index >= 15 is 0 Å². The maximum Gasteiger partial charge on any atom is 0.324 e. The van der Waals surface area contributed by atoms with Crippen LogP contribution in [0.3, 0.4) is 0 Å². The molecule has 96 valence electrons. The Morgan fingerprint density at radius 1 is 1.24 bits per heavy atom. The molecule has 1 rings (SSSR count). The van der Waals surface area contributed by atoms with Gasteiger partial charge >= 0.3 is 12.0 Å². The molecule has 0 aliphatic rings. The molecular formula is C9H18N6O2. The highest BCUT2D eigenvalue weighted by Crippen LogP contribution is 2.11. The van der Waals surface area contributed by atoms with Crippen molar-refractivity contribution < 1.29 is 9.47 Å². The van der Waals surface area contributed by atoms with E-state index in [2.05, 4.69) is 25.3 Å². The molecule has 17 heavy (non-hydrogen) atoms. The van der Waals surface area contributed by atoms with E-state index in [-0.39, 0.29) is 18.0 Å². The first-order chi connectivity index (χ1) is 8.15. The van der Waals surface area contributed by atoms with E-state index in [1.165, 1.54) is 7.11 Å². The van der Waals surface area contributed by atoms with Gasteiger partial charge in [0.05, 0.1) is 13.7 Å². The first kappa shape index (κ1) is 13.4. The van der Waals surface area contributed by atoms with Crippen LogP contribution in [0, 0.1) is 0 Å². The van der Waals surface area contributed by atoms with Crippen LogP contribution in [-0.4, -0.2) is 54.2 Å². The number of hydrogen-bond acceptors (Lipinski definition) is 8. The number of rotatable bonds is 7. The first-order valence-corrected chi connectivity index (χ1v) is 5.20. The SMILES string of the molecule is COc1nc(NN)nc(OCCCN(C)C)n1. The lowest BCUT2D eigenvalue weighted by Gasteiger charge is -2.10. The molecule has 0 fully saturated rings. The van der Waals surface area contributed by atoms with Crippen molar-refractivity contribution in [2.45, 2.75) is 6.42 Å². The number of aromatic nitrogens is 3. The molecule has 0 atom stereocenters. The van der Waals surface area contributed by atoms with Crippen molar-refractivity contribution in [1.82, 2.24) is 19.9 Å². The monoisotopic (exact) mass is 242 g/mol. The number of nitrogens with two attached hydrogens (primary N) is 1. The highest BCUT2D eigenvalue weighted by atomic mass is 16.5. The molecule has 0 radical (unpaired) electrons. The molecule has 1 heterocycles. The fourth-order valence-electron chi connectivity index (χ4n) is 1.10. The Morgan fingerprint density at radius 2 is 1.94 bits per heavy atom. The summed E-state index contributed by atoms with van der Waals surface area (Å²) in [4.78, 5) is 13.8. The molecular weight excluding hydrogens is 224 g/mol. The van der Waals surface area contributed by atoms with E-state index in [9.17, 15) is 0 Å². The van der Waals surface area contributed by atoms with Crippen molar-refractivity contribution in [2.75, 3.05) is 39.8 Å². The van der Waals surface area contributed by atoms with E-state index in [0.717, 1.165) is 13.0 Å². The van der Waals surface area contributed by atoms with E-state index in [1.807, 2.05) is 14.1 Å². The Hall–Kier alpha value is -1.67. The third kappa shape index (κ3) is 4.79. The van der Waals surface area contributed by atoms with Crippen LogP contribution in [0.5, 0.6) is 12.0 Å². The zero-order valence-electron chi connectivity index (χ0n) is 10.3. The Labute approximate surface area is 100 Å². The third-order valence-electron chi connectivity index (χ3n) is 1.89. The topological polar surface area (TPSA) is 98.4 Å². The van der Waals surface area contributed by atoms with Crippen LogP contribution in [0.25, 0.3) is 0 Å². The minimum Gasteiger partial charge on any atom is -0.467 e.